The highest BCUT2D eigenvalue weighted by molar-refractivity contribution is 6.25. The van der Waals surface area contributed by atoms with Crippen LogP contribution in [-0.4, -0.2) is 87.1 Å². The summed E-state index contributed by atoms with van der Waals surface area (Å²) in [6.45, 7) is 3.34. The highest BCUT2D eigenvalue weighted by Crippen LogP contribution is 2.29. The van der Waals surface area contributed by atoms with E-state index in [9.17, 15) is 9.59 Å². The molecule has 1 heterocycles. The molecule has 3 rings (SSSR count). The van der Waals surface area contributed by atoms with Crippen LogP contribution in [0, 0.1) is 0 Å². The molecule has 1 aliphatic heterocycles. The molecule has 6 heteroatoms. The lowest BCUT2D eigenvalue weighted by Gasteiger charge is -2.34. The van der Waals surface area contributed by atoms with Gasteiger partial charge in [0.25, 0.3) is 11.8 Å². The summed E-state index contributed by atoms with van der Waals surface area (Å²) in [5, 5.41) is 1.74. The third kappa shape index (κ3) is 4.80. The molecule has 5 nitrogen and oxygen atoms in total. The van der Waals surface area contributed by atoms with E-state index in [0.717, 1.165) is 45.8 Å². The molecule has 28 heavy (non-hydrogen) atoms. The second-order valence-electron chi connectivity index (χ2n) is 9.22. The van der Waals surface area contributed by atoms with Crippen molar-refractivity contribution in [1.82, 2.24) is 4.90 Å². The van der Waals surface area contributed by atoms with Crippen LogP contribution in [0.4, 0.5) is 0 Å². The van der Waals surface area contributed by atoms with E-state index >= 15 is 0 Å². The first-order valence-electron chi connectivity index (χ1n) is 9.59. The molecule has 1 aliphatic rings. The van der Waals surface area contributed by atoms with E-state index in [1.165, 1.54) is 4.90 Å². The average Bonchev–Trinajstić information content (AvgIpc) is 2.58. The van der Waals surface area contributed by atoms with Crippen LogP contribution in [0.3, 0.4) is 0 Å². The molecule has 152 valence electrons. The SMILES string of the molecule is C[N+](C)(C)CCC[N+](C)(C)CCN1C(=O)c2cccc3cccc(c23)C1=O.[Br-]. The Morgan fingerprint density at radius 1 is 0.786 bits per heavy atom. The number of quaternary nitrogens is 2. The summed E-state index contributed by atoms with van der Waals surface area (Å²) in [6, 6.07) is 11.3. The van der Waals surface area contributed by atoms with Crippen LogP contribution in [0.1, 0.15) is 27.1 Å². The van der Waals surface area contributed by atoms with Gasteiger partial charge in [-0.2, -0.15) is 0 Å². The highest BCUT2D eigenvalue weighted by Gasteiger charge is 2.33. The normalized spacial score (nSPS) is 14.4. The maximum absolute atomic E-state index is 13.0. The van der Waals surface area contributed by atoms with Crippen molar-refractivity contribution in [3.8, 4) is 0 Å². The summed E-state index contributed by atoms with van der Waals surface area (Å²) in [5.41, 5.74) is 1.27. The van der Waals surface area contributed by atoms with Gasteiger partial charge >= 0.3 is 0 Å². The first-order valence-corrected chi connectivity index (χ1v) is 9.59. The van der Waals surface area contributed by atoms with E-state index in [1.54, 1.807) is 0 Å². The molecule has 2 aromatic carbocycles. The minimum Gasteiger partial charge on any atom is -1.00 e. The Balaban J connectivity index is 0.00000280. The Morgan fingerprint density at radius 2 is 1.32 bits per heavy atom. The highest BCUT2D eigenvalue weighted by atomic mass is 79.9. The number of benzene rings is 2. The number of rotatable bonds is 7. The largest absolute Gasteiger partial charge is 1.00 e. The summed E-state index contributed by atoms with van der Waals surface area (Å²) in [6.07, 6.45) is 1.11. The van der Waals surface area contributed by atoms with Gasteiger partial charge in [-0.1, -0.05) is 24.3 Å². The molecular formula is C22H31BrN3O2+. The Kier molecular flexibility index (Phi) is 6.69. The van der Waals surface area contributed by atoms with Crippen LogP contribution in [0.15, 0.2) is 36.4 Å². The molecule has 0 unspecified atom stereocenters. The molecule has 0 atom stereocenters. The first-order chi connectivity index (χ1) is 12.6. The van der Waals surface area contributed by atoms with Crippen molar-refractivity contribution in [3.05, 3.63) is 47.5 Å². The second kappa shape index (κ2) is 8.31. The number of carbonyl (C=O) groups is 2. The van der Waals surface area contributed by atoms with Crippen molar-refractivity contribution in [3.63, 3.8) is 0 Å². The van der Waals surface area contributed by atoms with Crippen molar-refractivity contribution in [2.75, 3.05) is 61.4 Å². The monoisotopic (exact) mass is 448 g/mol. The zero-order chi connectivity index (χ0) is 19.8. The number of carbonyl (C=O) groups excluding carboxylic acids is 2. The maximum Gasteiger partial charge on any atom is 0.261 e. The predicted octanol–water partition coefficient (Wildman–Crippen LogP) is -0.387. The molecule has 0 aromatic heterocycles. The Labute approximate surface area is 178 Å². The number of hydrogen-bond donors (Lipinski definition) is 0. The molecule has 0 saturated carbocycles. The van der Waals surface area contributed by atoms with Gasteiger partial charge in [0, 0.05) is 22.9 Å². The fourth-order valence-electron chi connectivity index (χ4n) is 3.74. The van der Waals surface area contributed by atoms with E-state index < -0.39 is 0 Å². The van der Waals surface area contributed by atoms with Crippen LogP contribution < -0.4 is 17.0 Å². The lowest BCUT2D eigenvalue weighted by Crippen LogP contribution is -3.00. The van der Waals surface area contributed by atoms with Crippen molar-refractivity contribution >= 4 is 22.6 Å². The van der Waals surface area contributed by atoms with Crippen molar-refractivity contribution in [2.45, 2.75) is 6.42 Å². The Hall–Kier alpha value is -1.76. The molecule has 0 N–H and O–H groups in total. The molecule has 0 spiro atoms. The van der Waals surface area contributed by atoms with Crippen molar-refractivity contribution in [2.24, 2.45) is 0 Å². The quantitative estimate of drug-likeness (QED) is 0.427. The first kappa shape index (κ1) is 22.5. The van der Waals surface area contributed by atoms with Gasteiger partial charge in [0.05, 0.1) is 61.4 Å². The smallest absolute Gasteiger partial charge is 0.261 e. The predicted molar refractivity (Wildman–Crippen MR) is 109 cm³/mol. The number of hydrogen-bond acceptors (Lipinski definition) is 2. The van der Waals surface area contributed by atoms with E-state index in [0.29, 0.717) is 17.7 Å². The maximum atomic E-state index is 13.0. The third-order valence-corrected chi connectivity index (χ3v) is 5.38. The molecule has 0 saturated heterocycles. The van der Waals surface area contributed by atoms with Crippen molar-refractivity contribution < 1.29 is 35.5 Å². The molecule has 2 aromatic rings. The summed E-state index contributed by atoms with van der Waals surface area (Å²) >= 11 is 0. The topological polar surface area (TPSA) is 37.4 Å². The van der Waals surface area contributed by atoms with E-state index in [2.05, 4.69) is 35.2 Å². The lowest BCUT2D eigenvalue weighted by atomic mass is 9.94. The van der Waals surface area contributed by atoms with Crippen LogP contribution in [0.2, 0.25) is 0 Å². The zero-order valence-corrected chi connectivity index (χ0v) is 19.1. The molecule has 0 bridgehead atoms. The van der Waals surface area contributed by atoms with Gasteiger partial charge in [0.1, 0.15) is 0 Å². The Bertz CT molecular complexity index is 836. The van der Waals surface area contributed by atoms with Crippen LogP contribution in [0.5, 0.6) is 0 Å². The van der Waals surface area contributed by atoms with Gasteiger partial charge in [-0.05, 0) is 17.5 Å². The number of nitrogens with zero attached hydrogens (tertiary/aromatic N) is 3. The molecule has 0 radical (unpaired) electrons. The Morgan fingerprint density at radius 3 is 1.82 bits per heavy atom. The van der Waals surface area contributed by atoms with E-state index in [4.69, 9.17) is 0 Å². The standard InChI is InChI=1S/C22H31N3O2.BrH/c1-24(2,3)14-8-15-25(4,5)16-13-23-21(26)18-11-6-9-17-10-7-12-19(20(17)18)22(23)27;/h6-7,9-12H,8,13-16H2,1-5H3;1H/q+2;/p-1. The van der Waals surface area contributed by atoms with Gasteiger partial charge < -0.3 is 25.9 Å². The number of likely N-dealkylation sites (N-methyl/N-ethyl adjacent to an activating group) is 1. The molecule has 0 fully saturated rings. The van der Waals surface area contributed by atoms with Crippen LogP contribution in [0.25, 0.3) is 10.8 Å². The van der Waals surface area contributed by atoms with E-state index in [-0.39, 0.29) is 28.8 Å². The number of halogens is 1. The van der Waals surface area contributed by atoms with Gasteiger partial charge in [-0.15, -0.1) is 0 Å². The average molecular weight is 449 g/mol. The zero-order valence-electron chi connectivity index (χ0n) is 17.5. The summed E-state index contributed by atoms with van der Waals surface area (Å²) in [7, 11) is 10.9. The van der Waals surface area contributed by atoms with Gasteiger partial charge in [0.15, 0.2) is 0 Å². The molecule has 2 amide bonds. The van der Waals surface area contributed by atoms with Gasteiger partial charge in [-0.3, -0.25) is 14.5 Å². The summed E-state index contributed by atoms with van der Waals surface area (Å²) < 4.78 is 1.74. The van der Waals surface area contributed by atoms with E-state index in [1.807, 2.05) is 36.4 Å². The fraction of sp³-hybridized carbons (Fsp3) is 0.455. The van der Waals surface area contributed by atoms with Crippen LogP contribution in [-0.2, 0) is 0 Å². The minimum absolute atomic E-state index is 0. The lowest BCUT2D eigenvalue weighted by molar-refractivity contribution is -0.901. The van der Waals surface area contributed by atoms with Gasteiger partial charge in [-0.25, -0.2) is 0 Å². The minimum atomic E-state index is -0.171. The van der Waals surface area contributed by atoms with Crippen LogP contribution >= 0.6 is 0 Å². The summed E-state index contributed by atoms with van der Waals surface area (Å²) in [5.74, 6) is -0.341. The second-order valence-corrected chi connectivity index (χ2v) is 9.22. The fourth-order valence-corrected chi connectivity index (χ4v) is 3.74. The molecular weight excluding hydrogens is 418 g/mol. The number of imide groups is 1. The van der Waals surface area contributed by atoms with Crippen molar-refractivity contribution in [1.29, 1.82) is 0 Å². The summed E-state index contributed by atoms with van der Waals surface area (Å²) in [4.78, 5) is 27.4. The number of amides is 2. The molecule has 0 aliphatic carbocycles. The third-order valence-electron chi connectivity index (χ3n) is 5.38. The van der Waals surface area contributed by atoms with Gasteiger partial charge in [0.2, 0.25) is 0 Å².